The van der Waals surface area contributed by atoms with Crippen molar-refractivity contribution in [2.45, 2.75) is 6.42 Å². The maximum absolute atomic E-state index is 11.9. The highest BCUT2D eigenvalue weighted by atomic mass is 127. The zero-order chi connectivity index (χ0) is 11.4. The monoisotopic (exact) mass is 323 g/mol. The number of hydrogen-bond donors (Lipinski definition) is 0. The van der Waals surface area contributed by atoms with Crippen molar-refractivity contribution in [3.8, 4) is 0 Å². The molecule has 0 fully saturated rings. The average Bonchev–Trinajstić information content (AvgIpc) is 2.33. The van der Waals surface area contributed by atoms with Crippen molar-refractivity contribution in [1.29, 1.82) is 0 Å². The number of carbonyl (C=O) groups is 1. The summed E-state index contributed by atoms with van der Waals surface area (Å²) in [4.78, 5) is 15.8. The zero-order valence-electron chi connectivity index (χ0n) is 8.56. The summed E-state index contributed by atoms with van der Waals surface area (Å²) >= 11 is 2.25. The van der Waals surface area contributed by atoms with Gasteiger partial charge in [0.15, 0.2) is 5.78 Å². The highest BCUT2D eigenvalue weighted by Gasteiger charge is 2.05. The molecule has 2 rings (SSSR count). The van der Waals surface area contributed by atoms with Crippen LogP contribution in [0.3, 0.4) is 0 Å². The number of ketones is 1. The van der Waals surface area contributed by atoms with Gasteiger partial charge in [-0.15, -0.1) is 0 Å². The predicted molar refractivity (Wildman–Crippen MR) is 71.4 cm³/mol. The fraction of sp³-hybridized carbons (Fsp3) is 0.0769. The topological polar surface area (TPSA) is 30.0 Å². The SMILES string of the molecule is O=C(Cc1ccc(I)cc1)c1ccncc1. The van der Waals surface area contributed by atoms with E-state index in [1.165, 1.54) is 3.57 Å². The number of pyridine rings is 1. The molecule has 0 aliphatic carbocycles. The van der Waals surface area contributed by atoms with Gasteiger partial charge in [0.1, 0.15) is 0 Å². The first kappa shape index (κ1) is 11.3. The Kier molecular flexibility index (Phi) is 3.66. The van der Waals surface area contributed by atoms with E-state index in [2.05, 4.69) is 27.6 Å². The molecule has 0 aliphatic rings. The van der Waals surface area contributed by atoms with Gasteiger partial charge in [-0.25, -0.2) is 0 Å². The van der Waals surface area contributed by atoms with Crippen LogP contribution in [-0.4, -0.2) is 10.8 Å². The van der Waals surface area contributed by atoms with Gasteiger partial charge in [-0.2, -0.15) is 0 Å². The van der Waals surface area contributed by atoms with Crippen LogP contribution in [0.4, 0.5) is 0 Å². The van der Waals surface area contributed by atoms with Gasteiger partial charge in [-0.05, 0) is 52.4 Å². The van der Waals surface area contributed by atoms with Gasteiger partial charge in [-0.1, -0.05) is 12.1 Å². The second-order valence-corrected chi connectivity index (χ2v) is 4.71. The van der Waals surface area contributed by atoms with Crippen molar-refractivity contribution in [2.75, 3.05) is 0 Å². The summed E-state index contributed by atoms with van der Waals surface area (Å²) in [6.07, 6.45) is 3.73. The van der Waals surface area contributed by atoms with E-state index in [4.69, 9.17) is 0 Å². The summed E-state index contributed by atoms with van der Waals surface area (Å²) in [7, 11) is 0. The summed E-state index contributed by atoms with van der Waals surface area (Å²) in [5.41, 5.74) is 1.76. The van der Waals surface area contributed by atoms with Crippen molar-refractivity contribution in [3.05, 3.63) is 63.5 Å². The summed E-state index contributed by atoms with van der Waals surface area (Å²) < 4.78 is 1.18. The lowest BCUT2D eigenvalue weighted by Crippen LogP contribution is -2.03. The number of Topliss-reactive ketones (excluding diaryl/α,β-unsaturated/α-hetero) is 1. The molecule has 0 unspecified atom stereocenters. The Morgan fingerprint density at radius 3 is 2.31 bits per heavy atom. The molecular weight excluding hydrogens is 313 g/mol. The van der Waals surface area contributed by atoms with Crippen LogP contribution in [0.15, 0.2) is 48.8 Å². The molecule has 0 saturated carbocycles. The van der Waals surface area contributed by atoms with E-state index < -0.39 is 0 Å². The molecule has 3 heteroatoms. The Morgan fingerprint density at radius 2 is 1.69 bits per heavy atom. The molecule has 0 N–H and O–H groups in total. The fourth-order valence-electron chi connectivity index (χ4n) is 1.43. The molecule has 2 nitrogen and oxygen atoms in total. The molecule has 1 aromatic carbocycles. The molecule has 0 aliphatic heterocycles. The Balaban J connectivity index is 2.11. The standard InChI is InChI=1S/C13H10INO/c14-12-3-1-10(2-4-12)9-13(16)11-5-7-15-8-6-11/h1-8H,9H2. The molecule has 16 heavy (non-hydrogen) atoms. The van der Waals surface area contributed by atoms with E-state index in [1.807, 2.05) is 24.3 Å². The van der Waals surface area contributed by atoms with E-state index in [-0.39, 0.29) is 5.78 Å². The number of carbonyl (C=O) groups excluding carboxylic acids is 1. The second-order valence-electron chi connectivity index (χ2n) is 3.46. The van der Waals surface area contributed by atoms with Crippen molar-refractivity contribution < 1.29 is 4.79 Å². The van der Waals surface area contributed by atoms with Crippen molar-refractivity contribution in [1.82, 2.24) is 4.98 Å². The third-order valence-electron chi connectivity index (χ3n) is 2.28. The molecule has 0 saturated heterocycles. The largest absolute Gasteiger partial charge is 0.294 e. The molecule has 0 radical (unpaired) electrons. The average molecular weight is 323 g/mol. The number of aromatic nitrogens is 1. The fourth-order valence-corrected chi connectivity index (χ4v) is 1.79. The number of benzene rings is 1. The highest BCUT2D eigenvalue weighted by molar-refractivity contribution is 14.1. The van der Waals surface area contributed by atoms with E-state index in [1.54, 1.807) is 24.5 Å². The number of nitrogens with zero attached hydrogens (tertiary/aromatic N) is 1. The summed E-state index contributed by atoms with van der Waals surface area (Å²) in [6.45, 7) is 0. The zero-order valence-corrected chi connectivity index (χ0v) is 10.7. The van der Waals surface area contributed by atoms with Crippen molar-refractivity contribution >= 4 is 28.4 Å². The summed E-state index contributed by atoms with van der Waals surface area (Å²) in [6, 6.07) is 11.5. The van der Waals surface area contributed by atoms with Crippen LogP contribution in [0, 0.1) is 3.57 Å². The lowest BCUT2D eigenvalue weighted by Gasteiger charge is -2.01. The van der Waals surface area contributed by atoms with Gasteiger partial charge >= 0.3 is 0 Å². The first-order valence-electron chi connectivity index (χ1n) is 4.93. The highest BCUT2D eigenvalue weighted by Crippen LogP contribution is 2.10. The minimum absolute atomic E-state index is 0.128. The predicted octanol–water partition coefficient (Wildman–Crippen LogP) is 3.11. The van der Waals surface area contributed by atoms with Crippen molar-refractivity contribution in [3.63, 3.8) is 0 Å². The van der Waals surface area contributed by atoms with Crippen LogP contribution in [0.5, 0.6) is 0 Å². The molecule has 0 amide bonds. The quantitative estimate of drug-likeness (QED) is 0.642. The van der Waals surface area contributed by atoms with Crippen LogP contribution in [0.1, 0.15) is 15.9 Å². The van der Waals surface area contributed by atoms with E-state index in [0.29, 0.717) is 12.0 Å². The third kappa shape index (κ3) is 2.88. The number of hydrogen-bond acceptors (Lipinski definition) is 2. The number of halogens is 1. The van der Waals surface area contributed by atoms with Gasteiger partial charge in [0.05, 0.1) is 0 Å². The molecule has 0 atom stereocenters. The Morgan fingerprint density at radius 1 is 1.06 bits per heavy atom. The van der Waals surface area contributed by atoms with Crippen LogP contribution in [-0.2, 0) is 6.42 Å². The lowest BCUT2D eigenvalue weighted by atomic mass is 10.0. The molecule has 0 spiro atoms. The van der Waals surface area contributed by atoms with Crippen molar-refractivity contribution in [2.24, 2.45) is 0 Å². The van der Waals surface area contributed by atoms with Crippen LogP contribution in [0.2, 0.25) is 0 Å². The minimum atomic E-state index is 0.128. The van der Waals surface area contributed by atoms with Crippen LogP contribution < -0.4 is 0 Å². The molecular formula is C13H10INO. The molecule has 2 aromatic rings. The van der Waals surface area contributed by atoms with E-state index in [9.17, 15) is 4.79 Å². The minimum Gasteiger partial charge on any atom is -0.294 e. The third-order valence-corrected chi connectivity index (χ3v) is 3.00. The molecule has 1 heterocycles. The Labute approximate surface area is 108 Å². The normalized spacial score (nSPS) is 10.1. The Hall–Kier alpha value is -1.23. The van der Waals surface area contributed by atoms with Crippen LogP contribution >= 0.6 is 22.6 Å². The smallest absolute Gasteiger partial charge is 0.167 e. The van der Waals surface area contributed by atoms with Gasteiger partial charge in [0.25, 0.3) is 0 Å². The van der Waals surface area contributed by atoms with E-state index in [0.717, 1.165) is 5.56 Å². The summed E-state index contributed by atoms with van der Waals surface area (Å²) in [5, 5.41) is 0. The second kappa shape index (κ2) is 5.21. The Bertz CT molecular complexity index is 479. The molecule has 1 aromatic heterocycles. The van der Waals surface area contributed by atoms with Crippen LogP contribution in [0.25, 0.3) is 0 Å². The van der Waals surface area contributed by atoms with E-state index >= 15 is 0 Å². The molecule has 0 bridgehead atoms. The first-order valence-corrected chi connectivity index (χ1v) is 6.01. The van der Waals surface area contributed by atoms with Gasteiger partial charge in [-0.3, -0.25) is 9.78 Å². The molecule has 80 valence electrons. The summed E-state index contributed by atoms with van der Waals surface area (Å²) in [5.74, 6) is 0.128. The number of rotatable bonds is 3. The van der Waals surface area contributed by atoms with Gasteiger partial charge in [0.2, 0.25) is 0 Å². The maximum Gasteiger partial charge on any atom is 0.167 e. The first-order chi connectivity index (χ1) is 7.75. The van der Waals surface area contributed by atoms with Gasteiger partial charge < -0.3 is 0 Å². The lowest BCUT2D eigenvalue weighted by molar-refractivity contribution is 0.0993. The maximum atomic E-state index is 11.9. The van der Waals surface area contributed by atoms with Gasteiger partial charge in [0, 0.05) is 27.9 Å².